The lowest BCUT2D eigenvalue weighted by atomic mass is 10.0. The van der Waals surface area contributed by atoms with Gasteiger partial charge in [0.15, 0.2) is 0 Å². The molecular formula is C13H22N4O3. The average molecular weight is 282 g/mol. The number of aromatic nitrogens is 2. The number of aliphatic carboxylic acids is 1. The molecule has 0 radical (unpaired) electrons. The van der Waals surface area contributed by atoms with Gasteiger partial charge in [-0.15, -0.1) is 0 Å². The van der Waals surface area contributed by atoms with E-state index in [4.69, 9.17) is 5.11 Å². The van der Waals surface area contributed by atoms with Crippen molar-refractivity contribution in [1.82, 2.24) is 15.1 Å². The summed E-state index contributed by atoms with van der Waals surface area (Å²) in [5.41, 5.74) is 0.532. The molecule has 1 rings (SSSR count). The molecule has 0 aromatic carbocycles. The molecule has 1 unspecified atom stereocenters. The van der Waals surface area contributed by atoms with Crippen molar-refractivity contribution in [3.63, 3.8) is 0 Å². The Kier molecular flexibility index (Phi) is 5.54. The Hall–Kier alpha value is -2.05. The molecule has 2 amide bonds. The zero-order valence-electron chi connectivity index (χ0n) is 12.3. The highest BCUT2D eigenvalue weighted by Gasteiger charge is 2.21. The quantitative estimate of drug-likeness (QED) is 0.744. The van der Waals surface area contributed by atoms with E-state index in [2.05, 4.69) is 15.7 Å². The Morgan fingerprint density at radius 3 is 2.45 bits per heavy atom. The van der Waals surface area contributed by atoms with E-state index < -0.39 is 18.0 Å². The lowest BCUT2D eigenvalue weighted by Crippen LogP contribution is -2.43. The summed E-state index contributed by atoms with van der Waals surface area (Å²) in [6, 6.07) is -1.24. The molecule has 1 atom stereocenters. The number of anilines is 1. The van der Waals surface area contributed by atoms with Crippen molar-refractivity contribution in [2.45, 2.75) is 46.2 Å². The van der Waals surface area contributed by atoms with Crippen LogP contribution in [0.25, 0.3) is 0 Å². The van der Waals surface area contributed by atoms with Crippen LogP contribution in [0.15, 0.2) is 12.4 Å². The van der Waals surface area contributed by atoms with Crippen LogP contribution in [-0.4, -0.2) is 32.9 Å². The van der Waals surface area contributed by atoms with Gasteiger partial charge in [0.1, 0.15) is 6.04 Å². The molecule has 7 heteroatoms. The summed E-state index contributed by atoms with van der Waals surface area (Å²) in [6.07, 6.45) is 3.61. The summed E-state index contributed by atoms with van der Waals surface area (Å²) >= 11 is 0. The maximum absolute atomic E-state index is 11.8. The Morgan fingerprint density at radius 2 is 2.00 bits per heavy atom. The van der Waals surface area contributed by atoms with Gasteiger partial charge in [0, 0.05) is 12.2 Å². The zero-order chi connectivity index (χ0) is 15.3. The van der Waals surface area contributed by atoms with Crippen molar-refractivity contribution < 1.29 is 14.7 Å². The number of amides is 2. The molecule has 7 nitrogen and oxygen atoms in total. The third-order valence-corrected chi connectivity index (χ3v) is 2.70. The number of nitrogens with zero attached hydrogens (tertiary/aromatic N) is 2. The first-order valence-corrected chi connectivity index (χ1v) is 6.64. The second kappa shape index (κ2) is 6.93. The Balaban J connectivity index is 2.58. The van der Waals surface area contributed by atoms with E-state index in [1.165, 1.54) is 6.20 Å². The van der Waals surface area contributed by atoms with E-state index in [1.807, 2.05) is 27.7 Å². The van der Waals surface area contributed by atoms with Gasteiger partial charge in [0.25, 0.3) is 0 Å². The van der Waals surface area contributed by atoms with Gasteiger partial charge in [-0.1, -0.05) is 13.8 Å². The highest BCUT2D eigenvalue weighted by Crippen LogP contribution is 2.10. The topological polar surface area (TPSA) is 96.3 Å². The Morgan fingerprint density at radius 1 is 1.35 bits per heavy atom. The minimum Gasteiger partial charge on any atom is -0.480 e. The highest BCUT2D eigenvalue weighted by atomic mass is 16.4. The molecule has 3 N–H and O–H groups in total. The number of carbonyl (C=O) groups excluding carboxylic acids is 1. The van der Waals surface area contributed by atoms with Crippen LogP contribution in [0.1, 0.15) is 40.2 Å². The molecule has 1 heterocycles. The van der Waals surface area contributed by atoms with Crippen LogP contribution in [0, 0.1) is 5.92 Å². The van der Waals surface area contributed by atoms with Crippen LogP contribution >= 0.6 is 0 Å². The summed E-state index contributed by atoms with van der Waals surface area (Å²) in [6.45, 7) is 7.75. The van der Waals surface area contributed by atoms with Crippen LogP contribution in [0.2, 0.25) is 0 Å². The summed E-state index contributed by atoms with van der Waals surface area (Å²) in [7, 11) is 0. The van der Waals surface area contributed by atoms with E-state index >= 15 is 0 Å². The molecule has 0 spiro atoms. The molecule has 1 aromatic rings. The van der Waals surface area contributed by atoms with Crippen molar-refractivity contribution in [3.8, 4) is 0 Å². The van der Waals surface area contributed by atoms with Crippen molar-refractivity contribution in [2.75, 3.05) is 5.32 Å². The largest absolute Gasteiger partial charge is 0.480 e. The molecule has 20 heavy (non-hydrogen) atoms. The van der Waals surface area contributed by atoms with Crippen LogP contribution in [0.4, 0.5) is 10.5 Å². The van der Waals surface area contributed by atoms with Crippen LogP contribution in [0.3, 0.4) is 0 Å². The first-order valence-electron chi connectivity index (χ1n) is 6.64. The molecule has 0 aliphatic rings. The summed E-state index contributed by atoms with van der Waals surface area (Å²) in [5.74, 6) is -0.855. The van der Waals surface area contributed by atoms with Crippen LogP contribution < -0.4 is 10.6 Å². The van der Waals surface area contributed by atoms with Gasteiger partial charge in [0.05, 0.1) is 11.9 Å². The van der Waals surface area contributed by atoms with Crippen LogP contribution in [-0.2, 0) is 4.79 Å². The molecular weight excluding hydrogens is 260 g/mol. The molecule has 0 fully saturated rings. The van der Waals surface area contributed by atoms with E-state index in [9.17, 15) is 9.59 Å². The molecule has 0 saturated heterocycles. The lowest BCUT2D eigenvalue weighted by Gasteiger charge is -2.16. The zero-order valence-corrected chi connectivity index (χ0v) is 12.3. The number of carbonyl (C=O) groups is 2. The van der Waals surface area contributed by atoms with Gasteiger partial charge >= 0.3 is 12.0 Å². The first kappa shape index (κ1) is 16.0. The standard InChI is InChI=1S/C13H22N4O3/c1-8(2)5-11(12(18)19)16-13(20)15-10-6-14-17(7-10)9(3)4/h6-9,11H,5H2,1-4H3,(H,18,19)(H2,15,16,20). The fourth-order valence-electron chi connectivity index (χ4n) is 1.70. The van der Waals surface area contributed by atoms with Crippen molar-refractivity contribution >= 4 is 17.7 Å². The summed E-state index contributed by atoms with van der Waals surface area (Å²) in [4.78, 5) is 22.8. The first-order chi connectivity index (χ1) is 9.29. The fraction of sp³-hybridized carbons (Fsp3) is 0.615. The van der Waals surface area contributed by atoms with E-state index in [0.29, 0.717) is 12.1 Å². The minimum absolute atomic E-state index is 0.181. The summed E-state index contributed by atoms with van der Waals surface area (Å²) < 4.78 is 1.71. The minimum atomic E-state index is -1.04. The van der Waals surface area contributed by atoms with Gasteiger partial charge in [-0.05, 0) is 26.2 Å². The molecule has 0 saturated carbocycles. The predicted molar refractivity (Wildman–Crippen MR) is 75.6 cm³/mol. The van der Waals surface area contributed by atoms with Gasteiger partial charge in [-0.25, -0.2) is 9.59 Å². The molecule has 0 aliphatic heterocycles. The number of nitrogens with one attached hydrogen (secondary N) is 2. The third-order valence-electron chi connectivity index (χ3n) is 2.70. The number of rotatable bonds is 6. The van der Waals surface area contributed by atoms with E-state index in [1.54, 1.807) is 10.9 Å². The number of carboxylic acid groups (broad SMARTS) is 1. The number of hydrogen-bond donors (Lipinski definition) is 3. The normalized spacial score (nSPS) is 12.5. The maximum Gasteiger partial charge on any atom is 0.326 e. The third kappa shape index (κ3) is 4.91. The number of hydrogen-bond acceptors (Lipinski definition) is 3. The van der Waals surface area contributed by atoms with Crippen molar-refractivity contribution in [2.24, 2.45) is 5.92 Å². The number of urea groups is 1. The van der Waals surface area contributed by atoms with Gasteiger partial charge < -0.3 is 15.7 Å². The molecule has 0 aliphatic carbocycles. The van der Waals surface area contributed by atoms with E-state index in [-0.39, 0.29) is 12.0 Å². The molecule has 112 valence electrons. The highest BCUT2D eigenvalue weighted by molar-refractivity contribution is 5.91. The van der Waals surface area contributed by atoms with Crippen LogP contribution in [0.5, 0.6) is 0 Å². The Labute approximate surface area is 118 Å². The second-order valence-corrected chi connectivity index (χ2v) is 5.42. The lowest BCUT2D eigenvalue weighted by molar-refractivity contribution is -0.139. The second-order valence-electron chi connectivity index (χ2n) is 5.42. The fourth-order valence-corrected chi connectivity index (χ4v) is 1.70. The van der Waals surface area contributed by atoms with Crippen molar-refractivity contribution in [1.29, 1.82) is 0 Å². The molecule has 0 bridgehead atoms. The average Bonchev–Trinajstić information content (AvgIpc) is 2.75. The van der Waals surface area contributed by atoms with Crippen molar-refractivity contribution in [3.05, 3.63) is 12.4 Å². The van der Waals surface area contributed by atoms with Gasteiger partial charge in [-0.2, -0.15) is 5.10 Å². The number of carboxylic acids is 1. The Bertz CT molecular complexity index is 468. The SMILES string of the molecule is CC(C)CC(NC(=O)Nc1cnn(C(C)C)c1)C(=O)O. The van der Waals surface area contributed by atoms with Gasteiger partial charge in [0.2, 0.25) is 0 Å². The monoisotopic (exact) mass is 282 g/mol. The predicted octanol–water partition coefficient (Wildman–Crippen LogP) is 2.08. The smallest absolute Gasteiger partial charge is 0.326 e. The van der Waals surface area contributed by atoms with Gasteiger partial charge in [-0.3, -0.25) is 4.68 Å². The summed E-state index contributed by atoms with van der Waals surface area (Å²) in [5, 5.41) is 18.2. The van der Waals surface area contributed by atoms with E-state index in [0.717, 1.165) is 0 Å². The molecule has 1 aromatic heterocycles. The maximum atomic E-state index is 11.8.